The van der Waals surface area contributed by atoms with Crippen LogP contribution in [0.3, 0.4) is 0 Å². The highest BCUT2D eigenvalue weighted by Gasteiger charge is 2.20. The lowest BCUT2D eigenvalue weighted by Crippen LogP contribution is -2.18. The maximum Gasteiger partial charge on any atom is 0.274 e. The van der Waals surface area contributed by atoms with E-state index in [1.165, 1.54) is 35.2 Å². The fourth-order valence-electron chi connectivity index (χ4n) is 2.33. The smallest absolute Gasteiger partial charge is 0.274 e. The SMILES string of the molecule is CNS(=O)(=O)c1cc(C(=O)Nc2nc3c(C)cccc3s2)n(C)c1. The average Bonchev–Trinajstić information content (AvgIpc) is 3.11. The van der Waals surface area contributed by atoms with Gasteiger partial charge in [0.25, 0.3) is 5.91 Å². The molecule has 2 aromatic heterocycles. The second-order valence-electron chi connectivity index (χ2n) is 5.27. The lowest BCUT2D eigenvalue weighted by Gasteiger charge is -2.02. The second-order valence-corrected chi connectivity index (χ2v) is 8.19. The molecule has 0 aliphatic rings. The van der Waals surface area contributed by atoms with Gasteiger partial charge in [-0.1, -0.05) is 23.5 Å². The number of amides is 1. The van der Waals surface area contributed by atoms with Gasteiger partial charge in [-0.05, 0) is 31.7 Å². The molecule has 126 valence electrons. The van der Waals surface area contributed by atoms with Crippen LogP contribution in [0.15, 0.2) is 35.4 Å². The monoisotopic (exact) mass is 364 g/mol. The Morgan fingerprint density at radius 2 is 2.08 bits per heavy atom. The minimum Gasteiger partial charge on any atom is -0.345 e. The summed E-state index contributed by atoms with van der Waals surface area (Å²) in [5.41, 5.74) is 2.12. The molecule has 0 aliphatic heterocycles. The Bertz CT molecular complexity index is 1030. The first-order chi connectivity index (χ1) is 11.3. The van der Waals surface area contributed by atoms with E-state index in [1.807, 2.05) is 25.1 Å². The Kier molecular flexibility index (Phi) is 4.16. The number of fused-ring (bicyclic) bond motifs is 1. The van der Waals surface area contributed by atoms with Crippen molar-refractivity contribution in [1.82, 2.24) is 14.3 Å². The van der Waals surface area contributed by atoms with Crippen molar-refractivity contribution in [1.29, 1.82) is 0 Å². The summed E-state index contributed by atoms with van der Waals surface area (Å²) in [6.45, 7) is 1.96. The maximum atomic E-state index is 12.4. The summed E-state index contributed by atoms with van der Waals surface area (Å²) in [5.74, 6) is -0.410. The van der Waals surface area contributed by atoms with Crippen LogP contribution in [-0.2, 0) is 17.1 Å². The minimum atomic E-state index is -3.60. The predicted molar refractivity (Wildman–Crippen MR) is 94.0 cm³/mol. The summed E-state index contributed by atoms with van der Waals surface area (Å²) in [5, 5.41) is 3.21. The third kappa shape index (κ3) is 2.93. The molecule has 7 nitrogen and oxygen atoms in total. The van der Waals surface area contributed by atoms with Crippen molar-refractivity contribution in [2.24, 2.45) is 7.05 Å². The van der Waals surface area contributed by atoms with Gasteiger partial charge in [0.2, 0.25) is 10.0 Å². The molecule has 2 N–H and O–H groups in total. The second kappa shape index (κ2) is 6.00. The van der Waals surface area contributed by atoms with E-state index in [0.717, 1.165) is 15.8 Å². The predicted octanol–water partition coefficient (Wildman–Crippen LogP) is 2.10. The third-order valence-corrected chi connectivity index (χ3v) is 5.95. The fraction of sp³-hybridized carbons (Fsp3) is 0.200. The Balaban J connectivity index is 1.91. The van der Waals surface area contributed by atoms with Crippen molar-refractivity contribution < 1.29 is 13.2 Å². The van der Waals surface area contributed by atoms with E-state index in [2.05, 4.69) is 15.0 Å². The molecule has 0 unspecified atom stereocenters. The van der Waals surface area contributed by atoms with Crippen LogP contribution in [0.4, 0.5) is 5.13 Å². The van der Waals surface area contributed by atoms with Crippen molar-refractivity contribution in [3.05, 3.63) is 41.7 Å². The van der Waals surface area contributed by atoms with Gasteiger partial charge >= 0.3 is 0 Å². The Hall–Kier alpha value is -2.23. The number of anilines is 1. The molecule has 3 rings (SSSR count). The number of nitrogens with one attached hydrogen (secondary N) is 2. The number of carbonyl (C=O) groups excluding carboxylic acids is 1. The zero-order chi connectivity index (χ0) is 17.5. The van der Waals surface area contributed by atoms with Crippen molar-refractivity contribution >= 4 is 42.6 Å². The average molecular weight is 364 g/mol. The number of hydrogen-bond donors (Lipinski definition) is 2. The minimum absolute atomic E-state index is 0.0396. The fourth-order valence-corrected chi connectivity index (χ4v) is 4.06. The van der Waals surface area contributed by atoms with Gasteiger partial charge in [-0.2, -0.15) is 0 Å². The van der Waals surface area contributed by atoms with Crippen LogP contribution in [0.2, 0.25) is 0 Å². The summed E-state index contributed by atoms with van der Waals surface area (Å²) in [6.07, 6.45) is 1.39. The van der Waals surface area contributed by atoms with Crippen LogP contribution < -0.4 is 10.0 Å². The van der Waals surface area contributed by atoms with Gasteiger partial charge in [-0.15, -0.1) is 0 Å². The number of aromatic nitrogens is 2. The molecule has 3 aromatic rings. The summed E-state index contributed by atoms with van der Waals surface area (Å²) >= 11 is 1.37. The van der Waals surface area contributed by atoms with Crippen LogP contribution >= 0.6 is 11.3 Å². The normalized spacial score (nSPS) is 11.8. The van der Waals surface area contributed by atoms with E-state index in [9.17, 15) is 13.2 Å². The van der Waals surface area contributed by atoms with Gasteiger partial charge in [0.1, 0.15) is 10.6 Å². The number of benzene rings is 1. The molecule has 0 bridgehead atoms. The van der Waals surface area contributed by atoms with Crippen LogP contribution in [0.25, 0.3) is 10.2 Å². The van der Waals surface area contributed by atoms with Gasteiger partial charge in [0, 0.05) is 13.2 Å². The van der Waals surface area contributed by atoms with Crippen LogP contribution in [0.5, 0.6) is 0 Å². The molecule has 0 spiro atoms. The summed E-state index contributed by atoms with van der Waals surface area (Å²) in [6, 6.07) is 7.17. The first-order valence-electron chi connectivity index (χ1n) is 7.09. The highest BCUT2D eigenvalue weighted by molar-refractivity contribution is 7.89. The molecule has 0 saturated carbocycles. The summed E-state index contributed by atoms with van der Waals surface area (Å²) < 4.78 is 28.4. The quantitative estimate of drug-likeness (QED) is 0.741. The summed E-state index contributed by atoms with van der Waals surface area (Å²) in [7, 11) is -0.654. The molecule has 2 heterocycles. The van der Waals surface area contributed by atoms with Gasteiger partial charge in [-0.25, -0.2) is 18.1 Å². The van der Waals surface area contributed by atoms with E-state index in [0.29, 0.717) is 5.13 Å². The number of rotatable bonds is 4. The highest BCUT2D eigenvalue weighted by atomic mass is 32.2. The number of para-hydroxylation sites is 1. The molecular formula is C15H16N4O3S2. The molecule has 1 aromatic carbocycles. The molecular weight excluding hydrogens is 348 g/mol. The zero-order valence-corrected chi connectivity index (χ0v) is 15.0. The van der Waals surface area contributed by atoms with Gasteiger partial charge < -0.3 is 4.57 Å². The molecule has 0 radical (unpaired) electrons. The molecule has 0 fully saturated rings. The number of aryl methyl sites for hydroxylation is 2. The van der Waals surface area contributed by atoms with E-state index >= 15 is 0 Å². The van der Waals surface area contributed by atoms with Gasteiger partial charge in [0.05, 0.1) is 10.2 Å². The topological polar surface area (TPSA) is 93.1 Å². The number of carbonyl (C=O) groups is 1. The van der Waals surface area contributed by atoms with Gasteiger partial charge in [-0.3, -0.25) is 10.1 Å². The molecule has 1 amide bonds. The first-order valence-corrected chi connectivity index (χ1v) is 9.39. The van der Waals surface area contributed by atoms with E-state index < -0.39 is 15.9 Å². The lowest BCUT2D eigenvalue weighted by molar-refractivity contribution is 0.101. The molecule has 24 heavy (non-hydrogen) atoms. The molecule has 0 atom stereocenters. The van der Waals surface area contributed by atoms with Crippen molar-refractivity contribution in [2.45, 2.75) is 11.8 Å². The maximum absolute atomic E-state index is 12.4. The van der Waals surface area contributed by atoms with Crippen LogP contribution in [0.1, 0.15) is 16.1 Å². The van der Waals surface area contributed by atoms with Crippen molar-refractivity contribution in [2.75, 3.05) is 12.4 Å². The van der Waals surface area contributed by atoms with Crippen LogP contribution in [0, 0.1) is 6.92 Å². The number of hydrogen-bond acceptors (Lipinski definition) is 5. The first kappa shape index (κ1) is 16.6. The highest BCUT2D eigenvalue weighted by Crippen LogP contribution is 2.28. The zero-order valence-electron chi connectivity index (χ0n) is 13.3. The third-order valence-electron chi connectivity index (χ3n) is 3.63. The molecule has 0 saturated heterocycles. The summed E-state index contributed by atoms with van der Waals surface area (Å²) in [4.78, 5) is 16.9. The molecule has 0 aliphatic carbocycles. The number of thiazole rings is 1. The Morgan fingerprint density at radius 1 is 1.33 bits per heavy atom. The Labute approximate surface area is 143 Å². The van der Waals surface area contributed by atoms with E-state index in [-0.39, 0.29) is 10.6 Å². The Morgan fingerprint density at radius 3 is 2.75 bits per heavy atom. The lowest BCUT2D eigenvalue weighted by atomic mass is 10.2. The number of nitrogens with zero attached hydrogens (tertiary/aromatic N) is 2. The number of sulfonamides is 1. The van der Waals surface area contributed by atoms with Crippen molar-refractivity contribution in [3.8, 4) is 0 Å². The molecule has 9 heteroatoms. The van der Waals surface area contributed by atoms with Crippen molar-refractivity contribution in [3.63, 3.8) is 0 Å². The van der Waals surface area contributed by atoms with E-state index in [4.69, 9.17) is 0 Å². The largest absolute Gasteiger partial charge is 0.345 e. The van der Waals surface area contributed by atoms with Gasteiger partial charge in [0.15, 0.2) is 5.13 Å². The van der Waals surface area contributed by atoms with E-state index in [1.54, 1.807) is 7.05 Å². The standard InChI is InChI=1S/C15H16N4O3S2/c1-9-5-4-6-12-13(9)17-15(23-12)18-14(20)11-7-10(8-19(11)3)24(21,22)16-2/h4-8,16H,1-3H3,(H,17,18,20). The van der Waals surface area contributed by atoms with Crippen LogP contribution in [-0.4, -0.2) is 30.9 Å².